The third kappa shape index (κ3) is 29.3. The minimum absolute atomic E-state index is 0.251. The molecule has 1 unspecified atom stereocenters. The van der Waals surface area contributed by atoms with Gasteiger partial charge < -0.3 is 47.4 Å². The van der Waals surface area contributed by atoms with E-state index in [1.165, 1.54) is 7.11 Å². The van der Waals surface area contributed by atoms with E-state index in [9.17, 15) is 4.79 Å². The lowest BCUT2D eigenvalue weighted by molar-refractivity contribution is -0.141. The number of hydrogen-bond acceptors (Lipinski definition) is 11. The fourth-order valence-electron chi connectivity index (χ4n) is 2.42. The highest BCUT2D eigenvalue weighted by atomic mass is 16.6. The largest absolute Gasteiger partial charge is 0.469 e. The van der Waals surface area contributed by atoms with Crippen molar-refractivity contribution in [2.75, 3.05) is 126 Å². The van der Waals surface area contributed by atoms with E-state index in [0.717, 1.165) is 13.0 Å². The van der Waals surface area contributed by atoms with Crippen LogP contribution >= 0.6 is 0 Å². The molecule has 1 atom stereocenters. The molecule has 11 nitrogen and oxygen atoms in total. The average molecular weight is 527 g/mol. The Labute approximate surface area is 217 Å². The molecule has 0 aromatic rings. The molecule has 0 amide bonds. The maximum atomic E-state index is 10.9. The minimum atomic E-state index is -0.281. The Hall–Kier alpha value is -0.890. The predicted molar refractivity (Wildman–Crippen MR) is 133 cm³/mol. The van der Waals surface area contributed by atoms with E-state index < -0.39 is 0 Å². The number of hydrogen-bond donors (Lipinski definition) is 0. The summed E-state index contributed by atoms with van der Waals surface area (Å²) in [5.74, 6) is 0.317. The third-order valence-electron chi connectivity index (χ3n) is 4.75. The van der Waals surface area contributed by atoms with Crippen molar-refractivity contribution in [3.63, 3.8) is 0 Å². The topological polar surface area (TPSA) is 109 Å². The van der Waals surface area contributed by atoms with Crippen molar-refractivity contribution < 1.29 is 52.2 Å². The van der Waals surface area contributed by atoms with Crippen LogP contribution in [0.5, 0.6) is 0 Å². The zero-order chi connectivity index (χ0) is 26.4. The van der Waals surface area contributed by atoms with Crippen LogP contribution in [0.2, 0.25) is 0 Å². The molecule has 0 aliphatic rings. The van der Waals surface area contributed by atoms with Crippen molar-refractivity contribution in [3.8, 4) is 0 Å². The van der Waals surface area contributed by atoms with E-state index in [4.69, 9.17) is 42.6 Å². The zero-order valence-electron chi connectivity index (χ0n) is 22.7. The van der Waals surface area contributed by atoms with Crippen molar-refractivity contribution in [2.45, 2.75) is 26.7 Å². The molecule has 0 radical (unpaired) electrons. The van der Waals surface area contributed by atoms with Crippen LogP contribution in [0.25, 0.3) is 0 Å². The van der Waals surface area contributed by atoms with E-state index in [-0.39, 0.29) is 12.4 Å². The van der Waals surface area contributed by atoms with Gasteiger partial charge in [0.15, 0.2) is 0 Å². The molecule has 0 saturated heterocycles. The molecule has 0 aromatic heterocycles. The lowest BCUT2D eigenvalue weighted by atomic mass is 10.1. The lowest BCUT2D eigenvalue weighted by Crippen LogP contribution is -2.15. The summed E-state index contributed by atoms with van der Waals surface area (Å²) in [5, 5.41) is 0. The maximum Gasteiger partial charge on any atom is 0.307 e. The van der Waals surface area contributed by atoms with Crippen LogP contribution in [0.3, 0.4) is 0 Å². The highest BCUT2D eigenvalue weighted by Gasteiger charge is 2.00. The molecule has 0 N–H and O–H groups in total. The number of esters is 1. The Bertz CT molecular complexity index is 440. The smallest absolute Gasteiger partial charge is 0.307 e. The van der Waals surface area contributed by atoms with Gasteiger partial charge in [-0.1, -0.05) is 20.3 Å². The fourth-order valence-corrected chi connectivity index (χ4v) is 2.42. The first kappa shape index (κ1) is 35.1. The summed E-state index contributed by atoms with van der Waals surface area (Å²) in [6, 6.07) is 0. The molecule has 0 aliphatic heterocycles. The monoisotopic (exact) mass is 526 g/mol. The molecular formula is C25H50O11. The molecule has 0 aromatic carbocycles. The fraction of sp³-hybridized carbons (Fsp3) is 0.960. The molecule has 216 valence electrons. The highest BCUT2D eigenvalue weighted by Crippen LogP contribution is 2.00. The second-order valence-electron chi connectivity index (χ2n) is 7.81. The van der Waals surface area contributed by atoms with Gasteiger partial charge >= 0.3 is 5.97 Å². The molecule has 0 rings (SSSR count). The summed E-state index contributed by atoms with van der Waals surface area (Å²) in [4.78, 5) is 10.9. The van der Waals surface area contributed by atoms with Gasteiger partial charge in [0, 0.05) is 6.61 Å². The van der Waals surface area contributed by atoms with Gasteiger partial charge in [0.2, 0.25) is 0 Å². The molecule has 36 heavy (non-hydrogen) atoms. The van der Waals surface area contributed by atoms with E-state index in [1.54, 1.807) is 0 Å². The number of methoxy groups -OCH3 is 1. The summed E-state index contributed by atoms with van der Waals surface area (Å²) in [7, 11) is 1.35. The standard InChI is InChI=1S/C25H50O11/c1-4-24(2)23-36-22-21-35-20-19-34-18-17-33-16-15-32-14-13-31-12-11-30-10-9-29-8-7-28-6-5-25(26)27-3/h24H,4-23H2,1-3H3. The van der Waals surface area contributed by atoms with Gasteiger partial charge in [-0.15, -0.1) is 0 Å². The quantitative estimate of drug-likeness (QED) is 0.101. The van der Waals surface area contributed by atoms with Crippen LogP contribution in [-0.4, -0.2) is 132 Å². The van der Waals surface area contributed by atoms with Crippen molar-refractivity contribution in [1.82, 2.24) is 0 Å². The summed E-state index contributed by atoms with van der Waals surface area (Å²) < 4.78 is 53.3. The summed E-state index contributed by atoms with van der Waals surface area (Å²) in [6.07, 6.45) is 1.38. The SMILES string of the molecule is CCC(C)COCCOCCOCCOCCOCCOCCOCCOCCOCCC(=O)OC. The van der Waals surface area contributed by atoms with Crippen LogP contribution < -0.4 is 0 Å². The van der Waals surface area contributed by atoms with Crippen molar-refractivity contribution in [1.29, 1.82) is 0 Å². The Balaban J connectivity index is 3.05. The zero-order valence-corrected chi connectivity index (χ0v) is 22.7. The van der Waals surface area contributed by atoms with Crippen LogP contribution in [0, 0.1) is 5.92 Å². The number of rotatable bonds is 30. The number of carbonyl (C=O) groups excluding carboxylic acids is 1. The van der Waals surface area contributed by atoms with Crippen LogP contribution in [-0.2, 0) is 52.2 Å². The van der Waals surface area contributed by atoms with Crippen molar-refractivity contribution >= 4 is 5.97 Å². The summed E-state index contributed by atoms with van der Waals surface area (Å²) in [5.41, 5.74) is 0. The third-order valence-corrected chi connectivity index (χ3v) is 4.75. The van der Waals surface area contributed by atoms with Crippen molar-refractivity contribution in [2.24, 2.45) is 5.92 Å². The van der Waals surface area contributed by atoms with Gasteiger partial charge in [0.25, 0.3) is 0 Å². The van der Waals surface area contributed by atoms with E-state index in [2.05, 4.69) is 18.6 Å². The average Bonchev–Trinajstić information content (AvgIpc) is 2.89. The van der Waals surface area contributed by atoms with Gasteiger partial charge in [0.1, 0.15) is 0 Å². The van der Waals surface area contributed by atoms with Crippen LogP contribution in [0.4, 0.5) is 0 Å². The van der Waals surface area contributed by atoms with Crippen LogP contribution in [0.1, 0.15) is 26.7 Å². The molecule has 0 spiro atoms. The molecule has 0 saturated carbocycles. The Morgan fingerprint density at radius 3 is 1.06 bits per heavy atom. The van der Waals surface area contributed by atoms with Gasteiger partial charge in [0.05, 0.1) is 126 Å². The highest BCUT2D eigenvalue weighted by molar-refractivity contribution is 5.69. The first-order valence-electron chi connectivity index (χ1n) is 13.0. The normalized spacial score (nSPS) is 12.2. The minimum Gasteiger partial charge on any atom is -0.469 e. The Morgan fingerprint density at radius 2 is 0.778 bits per heavy atom. The lowest BCUT2D eigenvalue weighted by Gasteiger charge is -2.10. The molecule has 0 heterocycles. The van der Waals surface area contributed by atoms with E-state index >= 15 is 0 Å². The summed E-state index contributed by atoms with van der Waals surface area (Å²) in [6.45, 7) is 13.8. The second-order valence-corrected chi connectivity index (χ2v) is 7.81. The molecule has 0 fully saturated rings. The first-order chi connectivity index (χ1) is 17.7. The summed E-state index contributed by atoms with van der Waals surface area (Å²) >= 11 is 0. The Kier molecular flexibility index (Phi) is 29.6. The molecular weight excluding hydrogens is 476 g/mol. The molecule has 11 heteroatoms. The van der Waals surface area contributed by atoms with E-state index in [1.807, 2.05) is 0 Å². The Morgan fingerprint density at radius 1 is 0.500 bits per heavy atom. The van der Waals surface area contributed by atoms with Crippen LogP contribution in [0.15, 0.2) is 0 Å². The number of carbonyl (C=O) groups is 1. The van der Waals surface area contributed by atoms with Gasteiger partial charge in [-0.05, 0) is 5.92 Å². The maximum absolute atomic E-state index is 10.9. The van der Waals surface area contributed by atoms with Gasteiger partial charge in [-0.2, -0.15) is 0 Å². The second kappa shape index (κ2) is 30.3. The van der Waals surface area contributed by atoms with Gasteiger partial charge in [-0.25, -0.2) is 0 Å². The van der Waals surface area contributed by atoms with E-state index in [0.29, 0.717) is 118 Å². The first-order valence-corrected chi connectivity index (χ1v) is 13.0. The van der Waals surface area contributed by atoms with Crippen molar-refractivity contribution in [3.05, 3.63) is 0 Å². The van der Waals surface area contributed by atoms with Gasteiger partial charge in [-0.3, -0.25) is 4.79 Å². The molecule has 0 aliphatic carbocycles. The predicted octanol–water partition coefficient (Wildman–Crippen LogP) is 1.75. The molecule has 0 bridgehead atoms. The number of ether oxygens (including phenoxy) is 10.